The van der Waals surface area contributed by atoms with Crippen molar-refractivity contribution in [1.82, 2.24) is 31.9 Å². The van der Waals surface area contributed by atoms with Gasteiger partial charge in [-0.25, -0.2) is 4.79 Å². The van der Waals surface area contributed by atoms with Gasteiger partial charge in [0.05, 0.1) is 18.9 Å². The molecule has 0 radical (unpaired) electrons. The van der Waals surface area contributed by atoms with Gasteiger partial charge in [-0.3, -0.25) is 33.6 Å². The Morgan fingerprint density at radius 3 is 1.62 bits per heavy atom. The molecule has 0 unspecified atom stereocenters. The molecule has 0 fully saturated rings. The van der Waals surface area contributed by atoms with E-state index in [-0.39, 0.29) is 31.1 Å². The highest BCUT2D eigenvalue weighted by molar-refractivity contribution is 5.98. The zero-order valence-electron chi connectivity index (χ0n) is 37.3. The molecule has 3 rings (SSSR count). The minimum atomic E-state index is -1.82. The first-order valence-corrected chi connectivity index (χ1v) is 21.2. The number of primary amides is 1. The number of aromatic hydroxyl groups is 1. The summed E-state index contributed by atoms with van der Waals surface area (Å²) in [5.41, 5.74) is 6.89. The third-order valence-electron chi connectivity index (χ3n) is 9.99. The number of rotatable bonds is 26. The Balaban J connectivity index is 1.80. The Morgan fingerprint density at radius 2 is 1.08 bits per heavy atom. The minimum absolute atomic E-state index is 0.00282. The van der Waals surface area contributed by atoms with E-state index in [0.717, 1.165) is 5.56 Å². The molecule has 19 heteroatoms. The molecule has 3 aromatic carbocycles. The summed E-state index contributed by atoms with van der Waals surface area (Å²) in [6, 6.07) is 14.4. The van der Waals surface area contributed by atoms with E-state index in [0.29, 0.717) is 17.1 Å². The van der Waals surface area contributed by atoms with Gasteiger partial charge in [0.15, 0.2) is 0 Å². The van der Waals surface area contributed by atoms with Gasteiger partial charge in [0, 0.05) is 6.54 Å². The fraction of sp³-hybridized carbons (Fsp3) is 0.435. The molecule has 11 N–H and O–H groups in total. The van der Waals surface area contributed by atoms with Gasteiger partial charge in [0.1, 0.15) is 47.5 Å². The number of phenolic OH excluding ortho intramolecular Hbond substituents is 1. The lowest BCUT2D eigenvalue weighted by molar-refractivity contribution is -0.144. The summed E-state index contributed by atoms with van der Waals surface area (Å²) in [6.07, 6.45) is -1.62. The molecule has 3 aromatic rings. The number of amides is 6. The number of hydrogen-bond donors (Lipinski definition) is 10. The van der Waals surface area contributed by atoms with Crippen LogP contribution in [0.2, 0.25) is 0 Å². The van der Waals surface area contributed by atoms with Crippen LogP contribution in [0.1, 0.15) is 71.9 Å². The summed E-state index contributed by atoms with van der Waals surface area (Å²) < 4.78 is 5.97. The third kappa shape index (κ3) is 17.9. The van der Waals surface area contributed by atoms with Crippen molar-refractivity contribution in [3.8, 4) is 17.2 Å². The summed E-state index contributed by atoms with van der Waals surface area (Å²) in [5, 5.41) is 44.4. The average molecular weight is 904 g/mol. The molecule has 0 heterocycles. The zero-order chi connectivity index (χ0) is 48.4. The van der Waals surface area contributed by atoms with Crippen molar-refractivity contribution in [2.24, 2.45) is 23.5 Å². The second-order valence-corrected chi connectivity index (χ2v) is 16.7. The Labute approximate surface area is 377 Å². The van der Waals surface area contributed by atoms with Gasteiger partial charge in [-0.2, -0.15) is 0 Å². The molecule has 6 amide bonds. The lowest BCUT2D eigenvalue weighted by Crippen LogP contribution is -2.61. The Kier molecular flexibility index (Phi) is 20.4. The van der Waals surface area contributed by atoms with E-state index in [1.807, 2.05) is 48.5 Å². The molecule has 0 aliphatic rings. The molecule has 352 valence electrons. The normalized spacial score (nSPS) is 13.9. The second kappa shape index (κ2) is 25.3. The molecule has 19 nitrogen and oxygen atoms in total. The van der Waals surface area contributed by atoms with Gasteiger partial charge in [0.2, 0.25) is 35.4 Å². The molecule has 0 saturated heterocycles. The van der Waals surface area contributed by atoms with Crippen LogP contribution in [0.15, 0.2) is 78.9 Å². The van der Waals surface area contributed by atoms with Crippen molar-refractivity contribution >= 4 is 47.4 Å². The smallest absolute Gasteiger partial charge is 0.326 e. The lowest BCUT2D eigenvalue weighted by atomic mass is 9.98. The van der Waals surface area contributed by atoms with Crippen LogP contribution in [0.5, 0.6) is 17.2 Å². The highest BCUT2D eigenvalue weighted by Gasteiger charge is 2.36. The standard InChI is InChI=1S/C46H61N7O12/c1-25(2)19-36(46(63)64)51-43(60)35(23-38(56)57)49-42(59)34(22-37(47)55)50-44(61)39(26(3)4)53-45(62)40(27(5)6)52-41(58)33(21-28-15-17-30(54)18-16-28)48-24-29-11-10-14-32(20-29)65-31-12-8-7-9-13-31/h7-18,20,25-27,33-36,39-40,48,54H,19,21-24H2,1-6H3,(H2,47,55)(H,49,59)(H,50,61)(H,51,60)(H,52,58)(H,53,62)(H,56,57)(H,63,64)/t33-,34-,35-,36-,39-,40-/m0/s1. The van der Waals surface area contributed by atoms with Crippen LogP contribution in [0.3, 0.4) is 0 Å². The van der Waals surface area contributed by atoms with Crippen molar-refractivity contribution in [3.05, 3.63) is 90.0 Å². The van der Waals surface area contributed by atoms with Gasteiger partial charge in [0.25, 0.3) is 0 Å². The van der Waals surface area contributed by atoms with E-state index in [1.165, 1.54) is 12.1 Å². The zero-order valence-corrected chi connectivity index (χ0v) is 37.3. The summed E-state index contributed by atoms with van der Waals surface area (Å²) in [6.45, 7) is 10.2. The van der Waals surface area contributed by atoms with Crippen molar-refractivity contribution in [2.45, 2.75) is 110 Å². The van der Waals surface area contributed by atoms with Crippen LogP contribution in [-0.4, -0.2) is 99.0 Å². The van der Waals surface area contributed by atoms with Crippen molar-refractivity contribution in [3.63, 3.8) is 0 Å². The first-order valence-electron chi connectivity index (χ1n) is 21.2. The number of benzene rings is 3. The minimum Gasteiger partial charge on any atom is -0.508 e. The molecular formula is C46H61N7O12. The van der Waals surface area contributed by atoms with Crippen molar-refractivity contribution < 1.29 is 58.4 Å². The number of hydrogen-bond acceptors (Lipinski definition) is 11. The highest BCUT2D eigenvalue weighted by Crippen LogP contribution is 2.22. The Morgan fingerprint density at radius 1 is 0.569 bits per heavy atom. The summed E-state index contributed by atoms with van der Waals surface area (Å²) in [4.78, 5) is 104. The molecule has 0 bridgehead atoms. The predicted octanol–water partition coefficient (Wildman–Crippen LogP) is 2.10. The summed E-state index contributed by atoms with van der Waals surface area (Å²) in [5.74, 6) is -8.57. The lowest BCUT2D eigenvalue weighted by Gasteiger charge is -2.29. The maximum Gasteiger partial charge on any atom is 0.326 e. The number of nitrogens with one attached hydrogen (secondary N) is 6. The largest absolute Gasteiger partial charge is 0.508 e. The number of carboxylic acids is 2. The first-order chi connectivity index (χ1) is 30.6. The van der Waals surface area contributed by atoms with E-state index in [9.17, 15) is 53.7 Å². The fourth-order valence-corrected chi connectivity index (χ4v) is 6.57. The second-order valence-electron chi connectivity index (χ2n) is 16.7. The number of carbonyl (C=O) groups excluding carboxylic acids is 6. The highest BCUT2D eigenvalue weighted by atomic mass is 16.5. The number of ether oxygens (including phenoxy) is 1. The quantitative estimate of drug-likeness (QED) is 0.0553. The van der Waals surface area contributed by atoms with Crippen LogP contribution in [0.25, 0.3) is 0 Å². The monoisotopic (exact) mass is 903 g/mol. The van der Waals surface area contributed by atoms with Crippen LogP contribution in [0, 0.1) is 17.8 Å². The molecule has 0 aliphatic carbocycles. The van der Waals surface area contributed by atoms with Gasteiger partial charge in [-0.05, 0) is 78.1 Å². The molecule has 6 atom stereocenters. The van der Waals surface area contributed by atoms with Gasteiger partial charge in [-0.1, -0.05) is 84.0 Å². The van der Waals surface area contributed by atoms with E-state index < -0.39 is 108 Å². The number of aliphatic carboxylic acids is 2. The SMILES string of the molecule is CC(C)C[C@H](NC(=O)[C@H](CC(=O)O)NC(=O)[C@H](CC(N)=O)NC(=O)[C@@H](NC(=O)[C@@H](NC(=O)[C@H](Cc1ccc(O)cc1)NCc1cccc(Oc2ccccc2)c1)C(C)C)C(C)C)C(=O)O. The number of nitrogens with two attached hydrogens (primary N) is 1. The van der Waals surface area contributed by atoms with Crippen LogP contribution in [-0.2, 0) is 51.3 Å². The maximum atomic E-state index is 14.1. The average Bonchev–Trinajstić information content (AvgIpc) is 3.22. The summed E-state index contributed by atoms with van der Waals surface area (Å²) in [7, 11) is 0. The molecular weight excluding hydrogens is 843 g/mol. The van der Waals surface area contributed by atoms with E-state index in [4.69, 9.17) is 10.5 Å². The van der Waals surface area contributed by atoms with Crippen molar-refractivity contribution in [1.29, 1.82) is 0 Å². The van der Waals surface area contributed by atoms with Gasteiger partial charge in [-0.15, -0.1) is 0 Å². The summed E-state index contributed by atoms with van der Waals surface area (Å²) >= 11 is 0. The van der Waals surface area contributed by atoms with Crippen LogP contribution in [0.4, 0.5) is 0 Å². The Bertz CT molecular complexity index is 2110. The number of phenols is 1. The third-order valence-corrected chi connectivity index (χ3v) is 9.99. The molecule has 0 aliphatic heterocycles. The van der Waals surface area contributed by atoms with Crippen molar-refractivity contribution in [2.75, 3.05) is 0 Å². The van der Waals surface area contributed by atoms with E-state index >= 15 is 0 Å². The van der Waals surface area contributed by atoms with Gasteiger partial charge >= 0.3 is 11.9 Å². The number of para-hydroxylation sites is 1. The first kappa shape index (κ1) is 52.3. The number of carbonyl (C=O) groups is 8. The molecule has 0 spiro atoms. The molecule has 0 aromatic heterocycles. The fourth-order valence-electron chi connectivity index (χ4n) is 6.57. The maximum absolute atomic E-state index is 14.1. The van der Waals surface area contributed by atoms with Crippen LogP contribution >= 0.6 is 0 Å². The Hall–Kier alpha value is -7.02. The predicted molar refractivity (Wildman–Crippen MR) is 238 cm³/mol. The van der Waals surface area contributed by atoms with E-state index in [2.05, 4.69) is 31.9 Å². The van der Waals surface area contributed by atoms with E-state index in [1.54, 1.807) is 59.7 Å². The van der Waals surface area contributed by atoms with Gasteiger partial charge < -0.3 is 57.7 Å². The van der Waals surface area contributed by atoms with Crippen LogP contribution < -0.4 is 42.4 Å². The molecule has 0 saturated carbocycles. The number of carboxylic acid groups (broad SMARTS) is 2. The molecule has 65 heavy (non-hydrogen) atoms. The topological polar surface area (TPSA) is 305 Å².